The van der Waals surface area contributed by atoms with Crippen molar-refractivity contribution >= 4 is 23.7 Å². The number of carbonyl (C=O) groups excluding carboxylic acids is 2. The molecule has 3 aromatic carbocycles. The van der Waals surface area contributed by atoms with Gasteiger partial charge >= 0.3 is 0 Å². The first kappa shape index (κ1) is 24.5. The number of ether oxygens (including phenoxy) is 2. The highest BCUT2D eigenvalue weighted by Crippen LogP contribution is 2.27. The standard InChI is InChI=1S/C27H29N3O4/c1-27(2,3)21-11-7-19(8-12-21)25(31)29-22-13-9-20(10-14-22)26(32)30-28-17-18-6-15-23(33-4)24(16-18)34-5/h6-17H,1-5H3,(H,29,31)(H,30,32)/b28-17+. The molecule has 0 saturated heterocycles. The zero-order valence-electron chi connectivity index (χ0n) is 20.0. The molecule has 0 heterocycles. The first-order valence-corrected chi connectivity index (χ1v) is 10.8. The minimum absolute atomic E-state index is 0.0248. The Labute approximate surface area is 199 Å². The van der Waals surface area contributed by atoms with Crippen LogP contribution in [0.15, 0.2) is 71.8 Å². The largest absolute Gasteiger partial charge is 0.493 e. The molecule has 7 heteroatoms. The molecule has 176 valence electrons. The third-order valence-corrected chi connectivity index (χ3v) is 5.21. The minimum Gasteiger partial charge on any atom is -0.493 e. The van der Waals surface area contributed by atoms with Gasteiger partial charge in [-0.25, -0.2) is 5.43 Å². The van der Waals surface area contributed by atoms with Crippen molar-refractivity contribution in [2.45, 2.75) is 26.2 Å². The van der Waals surface area contributed by atoms with Gasteiger partial charge in [-0.15, -0.1) is 0 Å². The Morgan fingerprint density at radius 3 is 1.97 bits per heavy atom. The summed E-state index contributed by atoms with van der Waals surface area (Å²) in [4.78, 5) is 24.9. The number of hydrogen-bond donors (Lipinski definition) is 2. The molecule has 7 nitrogen and oxygen atoms in total. The van der Waals surface area contributed by atoms with Crippen molar-refractivity contribution in [3.8, 4) is 11.5 Å². The van der Waals surface area contributed by atoms with Gasteiger partial charge in [-0.05, 0) is 71.1 Å². The number of benzene rings is 3. The van der Waals surface area contributed by atoms with E-state index in [-0.39, 0.29) is 17.2 Å². The molecule has 0 saturated carbocycles. The summed E-state index contributed by atoms with van der Waals surface area (Å²) in [5, 5.41) is 6.84. The van der Waals surface area contributed by atoms with Crippen molar-refractivity contribution in [3.63, 3.8) is 0 Å². The highest BCUT2D eigenvalue weighted by atomic mass is 16.5. The maximum atomic E-state index is 12.5. The van der Waals surface area contributed by atoms with Crippen molar-refractivity contribution in [2.24, 2.45) is 5.10 Å². The molecule has 3 rings (SSSR count). The van der Waals surface area contributed by atoms with Crippen LogP contribution in [0.1, 0.15) is 52.6 Å². The highest BCUT2D eigenvalue weighted by molar-refractivity contribution is 6.04. The highest BCUT2D eigenvalue weighted by Gasteiger charge is 2.14. The smallest absolute Gasteiger partial charge is 0.271 e. The van der Waals surface area contributed by atoms with Gasteiger partial charge in [-0.1, -0.05) is 32.9 Å². The Kier molecular flexibility index (Phi) is 7.68. The molecule has 2 N–H and O–H groups in total. The predicted octanol–water partition coefficient (Wildman–Crippen LogP) is 5.02. The SMILES string of the molecule is COc1ccc(/C=N/NC(=O)c2ccc(NC(=O)c3ccc(C(C)(C)C)cc3)cc2)cc1OC. The monoisotopic (exact) mass is 459 g/mol. The normalized spacial score (nSPS) is 11.2. The molecule has 0 aliphatic heterocycles. The number of nitrogens with zero attached hydrogens (tertiary/aromatic N) is 1. The van der Waals surface area contributed by atoms with Crippen LogP contribution >= 0.6 is 0 Å². The van der Waals surface area contributed by atoms with Gasteiger partial charge < -0.3 is 14.8 Å². The van der Waals surface area contributed by atoms with Gasteiger partial charge in [0.15, 0.2) is 11.5 Å². The van der Waals surface area contributed by atoms with Crippen molar-refractivity contribution in [2.75, 3.05) is 19.5 Å². The van der Waals surface area contributed by atoms with Crippen molar-refractivity contribution < 1.29 is 19.1 Å². The Morgan fingerprint density at radius 2 is 1.38 bits per heavy atom. The molecule has 0 aromatic heterocycles. The lowest BCUT2D eigenvalue weighted by atomic mass is 9.87. The van der Waals surface area contributed by atoms with Crippen LogP contribution in [0.5, 0.6) is 11.5 Å². The van der Waals surface area contributed by atoms with E-state index >= 15 is 0 Å². The number of hydrogen-bond acceptors (Lipinski definition) is 5. The molecule has 2 amide bonds. The fourth-order valence-corrected chi connectivity index (χ4v) is 3.19. The van der Waals surface area contributed by atoms with Gasteiger partial charge in [0.25, 0.3) is 11.8 Å². The third kappa shape index (κ3) is 6.22. The molecule has 3 aromatic rings. The van der Waals surface area contributed by atoms with E-state index in [0.29, 0.717) is 28.3 Å². The summed E-state index contributed by atoms with van der Waals surface area (Å²) in [5.74, 6) is 0.600. The lowest BCUT2D eigenvalue weighted by Gasteiger charge is -2.19. The number of amides is 2. The second-order valence-electron chi connectivity index (χ2n) is 8.67. The average molecular weight is 460 g/mol. The summed E-state index contributed by atoms with van der Waals surface area (Å²) in [6.45, 7) is 6.38. The van der Waals surface area contributed by atoms with Gasteiger partial charge in [0.05, 0.1) is 20.4 Å². The lowest BCUT2D eigenvalue weighted by molar-refractivity contribution is 0.0954. The Bertz CT molecular complexity index is 1180. The van der Waals surface area contributed by atoms with E-state index in [1.165, 1.54) is 6.21 Å². The fraction of sp³-hybridized carbons (Fsp3) is 0.222. The Morgan fingerprint density at radius 1 is 0.794 bits per heavy atom. The minimum atomic E-state index is -0.368. The topological polar surface area (TPSA) is 89.0 Å². The van der Waals surface area contributed by atoms with Crippen LogP contribution in [-0.4, -0.2) is 32.2 Å². The first-order valence-electron chi connectivity index (χ1n) is 10.8. The van der Waals surface area contributed by atoms with E-state index in [9.17, 15) is 9.59 Å². The summed E-state index contributed by atoms with van der Waals surface area (Å²) in [6, 6.07) is 19.5. The van der Waals surface area contributed by atoms with Crippen LogP contribution in [0.2, 0.25) is 0 Å². The molecule has 0 spiro atoms. The second kappa shape index (κ2) is 10.7. The molecule has 0 atom stereocenters. The van der Waals surface area contributed by atoms with Crippen LogP contribution in [0.3, 0.4) is 0 Å². The second-order valence-corrected chi connectivity index (χ2v) is 8.67. The number of anilines is 1. The summed E-state index contributed by atoms with van der Waals surface area (Å²) in [7, 11) is 3.11. The molecule has 0 bridgehead atoms. The van der Waals surface area contributed by atoms with E-state index in [2.05, 4.69) is 36.6 Å². The Balaban J connectivity index is 1.58. The summed E-state index contributed by atoms with van der Waals surface area (Å²) in [6.07, 6.45) is 1.51. The number of rotatable bonds is 7. The number of hydrazone groups is 1. The van der Waals surface area contributed by atoms with Crippen molar-refractivity contribution in [1.29, 1.82) is 0 Å². The zero-order chi connectivity index (χ0) is 24.7. The first-order chi connectivity index (χ1) is 16.2. The van der Waals surface area contributed by atoms with Crippen LogP contribution in [0, 0.1) is 0 Å². The van der Waals surface area contributed by atoms with Gasteiger partial charge in [-0.2, -0.15) is 5.10 Å². The molecular formula is C27H29N3O4. The fourth-order valence-electron chi connectivity index (χ4n) is 3.19. The molecule has 0 radical (unpaired) electrons. The van der Waals surface area contributed by atoms with E-state index < -0.39 is 0 Å². The van der Waals surface area contributed by atoms with Crippen LogP contribution < -0.4 is 20.2 Å². The summed E-state index contributed by atoms with van der Waals surface area (Å²) >= 11 is 0. The van der Waals surface area contributed by atoms with E-state index in [1.54, 1.807) is 56.7 Å². The van der Waals surface area contributed by atoms with Gasteiger partial charge in [0.1, 0.15) is 0 Å². The third-order valence-electron chi connectivity index (χ3n) is 5.21. The summed E-state index contributed by atoms with van der Waals surface area (Å²) < 4.78 is 10.5. The lowest BCUT2D eigenvalue weighted by Crippen LogP contribution is -2.18. The van der Waals surface area contributed by atoms with Gasteiger partial charge in [0.2, 0.25) is 0 Å². The van der Waals surface area contributed by atoms with Crippen molar-refractivity contribution in [1.82, 2.24) is 5.43 Å². The van der Waals surface area contributed by atoms with Crippen LogP contribution in [-0.2, 0) is 5.41 Å². The summed E-state index contributed by atoms with van der Waals surface area (Å²) in [5.41, 5.74) is 5.99. The number of nitrogens with one attached hydrogen (secondary N) is 2. The molecule has 0 aliphatic rings. The van der Waals surface area contributed by atoms with Gasteiger partial charge in [-0.3, -0.25) is 9.59 Å². The van der Waals surface area contributed by atoms with E-state index in [1.807, 2.05) is 24.3 Å². The molecular weight excluding hydrogens is 430 g/mol. The number of carbonyl (C=O) groups is 2. The van der Waals surface area contributed by atoms with E-state index in [0.717, 1.165) is 11.1 Å². The Hall–Kier alpha value is -4.13. The predicted molar refractivity (Wildman–Crippen MR) is 134 cm³/mol. The van der Waals surface area contributed by atoms with E-state index in [4.69, 9.17) is 9.47 Å². The molecule has 0 aliphatic carbocycles. The molecule has 34 heavy (non-hydrogen) atoms. The molecule has 0 unspecified atom stereocenters. The molecule has 0 fully saturated rings. The maximum Gasteiger partial charge on any atom is 0.271 e. The number of methoxy groups -OCH3 is 2. The van der Waals surface area contributed by atoms with Crippen LogP contribution in [0.4, 0.5) is 5.69 Å². The van der Waals surface area contributed by atoms with Gasteiger partial charge in [0, 0.05) is 16.8 Å². The van der Waals surface area contributed by atoms with Crippen LogP contribution in [0.25, 0.3) is 0 Å². The quantitative estimate of drug-likeness (QED) is 0.384. The van der Waals surface area contributed by atoms with Crippen molar-refractivity contribution in [3.05, 3.63) is 89.0 Å². The maximum absolute atomic E-state index is 12.5. The zero-order valence-corrected chi connectivity index (χ0v) is 20.0. The average Bonchev–Trinajstić information content (AvgIpc) is 2.83.